The van der Waals surface area contributed by atoms with Crippen molar-refractivity contribution in [2.45, 2.75) is 0 Å². The zero-order chi connectivity index (χ0) is 17.7. The molecule has 3 nitrogen and oxygen atoms in total. The van der Waals surface area contributed by atoms with Gasteiger partial charge in [-0.15, -0.1) is 0 Å². The second kappa shape index (κ2) is 5.60. The lowest BCUT2D eigenvalue weighted by Gasteiger charge is -2.22. The molecule has 0 bridgehead atoms. The predicted molar refractivity (Wildman–Crippen MR) is 110 cm³/mol. The van der Waals surface area contributed by atoms with Gasteiger partial charge >= 0.3 is 0 Å². The summed E-state index contributed by atoms with van der Waals surface area (Å²) in [5, 5.41) is 5.51. The maximum absolute atomic E-state index is 4.34. The molecule has 1 aliphatic rings. The van der Waals surface area contributed by atoms with E-state index in [1.165, 1.54) is 39.0 Å². The van der Waals surface area contributed by atoms with Gasteiger partial charge in [0, 0.05) is 30.9 Å². The van der Waals surface area contributed by atoms with Crippen molar-refractivity contribution in [1.82, 2.24) is 9.78 Å². The first-order chi connectivity index (χ1) is 12.7. The number of benzene rings is 3. The van der Waals surface area contributed by atoms with Gasteiger partial charge in [0.15, 0.2) is 0 Å². The number of para-hydroxylation sites is 1. The summed E-state index contributed by atoms with van der Waals surface area (Å²) in [7, 11) is 4.12. The molecule has 5 rings (SSSR count). The van der Waals surface area contributed by atoms with E-state index in [9.17, 15) is 0 Å². The minimum absolute atomic E-state index is 1.15. The van der Waals surface area contributed by atoms with Crippen LogP contribution in [0.25, 0.3) is 34.2 Å². The van der Waals surface area contributed by atoms with Crippen molar-refractivity contribution in [2.24, 2.45) is 7.05 Å². The summed E-state index contributed by atoms with van der Waals surface area (Å²) in [6, 6.07) is 21.7. The Bertz CT molecular complexity index is 1170. The van der Waals surface area contributed by atoms with E-state index in [4.69, 9.17) is 0 Å². The molecule has 3 aromatic carbocycles. The van der Waals surface area contributed by atoms with Crippen LogP contribution in [0, 0.1) is 0 Å². The van der Waals surface area contributed by atoms with Crippen LogP contribution in [0.4, 0.5) is 11.4 Å². The molecule has 4 aromatic rings. The molecule has 0 saturated heterocycles. The topological polar surface area (TPSA) is 21.1 Å². The SMILES string of the molecule is CN1c2ccccc2C=Cc2cc(-c3ccc4cnn(C)c4c3)ccc21. The summed E-state index contributed by atoms with van der Waals surface area (Å²) < 4.78 is 1.92. The van der Waals surface area contributed by atoms with Crippen LogP contribution in [-0.4, -0.2) is 16.8 Å². The lowest BCUT2D eigenvalue weighted by molar-refractivity contribution is 0.797. The lowest BCUT2D eigenvalue weighted by Crippen LogP contribution is -2.11. The van der Waals surface area contributed by atoms with Crippen LogP contribution < -0.4 is 4.90 Å². The molecule has 0 radical (unpaired) electrons. The van der Waals surface area contributed by atoms with E-state index >= 15 is 0 Å². The molecule has 126 valence electrons. The van der Waals surface area contributed by atoms with E-state index in [0.717, 1.165) is 5.52 Å². The van der Waals surface area contributed by atoms with Crippen molar-refractivity contribution in [2.75, 3.05) is 11.9 Å². The minimum atomic E-state index is 1.15. The molecule has 1 aliphatic heterocycles. The van der Waals surface area contributed by atoms with Crippen LogP contribution in [0.3, 0.4) is 0 Å². The van der Waals surface area contributed by atoms with Crippen LogP contribution >= 0.6 is 0 Å². The number of fused-ring (bicyclic) bond motifs is 3. The van der Waals surface area contributed by atoms with Gasteiger partial charge in [-0.1, -0.05) is 48.6 Å². The van der Waals surface area contributed by atoms with E-state index in [0.29, 0.717) is 0 Å². The Hall–Kier alpha value is -3.33. The monoisotopic (exact) mass is 337 g/mol. The average Bonchev–Trinajstić information content (AvgIpc) is 2.99. The summed E-state index contributed by atoms with van der Waals surface area (Å²) in [5.74, 6) is 0. The number of rotatable bonds is 1. The number of aryl methyl sites for hydroxylation is 1. The Morgan fingerprint density at radius 3 is 2.38 bits per heavy atom. The van der Waals surface area contributed by atoms with Gasteiger partial charge in [-0.25, -0.2) is 0 Å². The van der Waals surface area contributed by atoms with Crippen LogP contribution in [0.5, 0.6) is 0 Å². The van der Waals surface area contributed by atoms with Gasteiger partial charge in [-0.05, 0) is 46.5 Å². The van der Waals surface area contributed by atoms with Gasteiger partial charge in [0.25, 0.3) is 0 Å². The highest BCUT2D eigenvalue weighted by molar-refractivity contribution is 5.91. The highest BCUT2D eigenvalue weighted by Crippen LogP contribution is 2.37. The van der Waals surface area contributed by atoms with Crippen LogP contribution in [0.15, 0.2) is 66.9 Å². The quantitative estimate of drug-likeness (QED) is 0.458. The lowest BCUT2D eigenvalue weighted by atomic mass is 10.0. The molecule has 1 aromatic heterocycles. The summed E-state index contributed by atoms with van der Waals surface area (Å²) in [5.41, 5.74) is 8.49. The van der Waals surface area contributed by atoms with Gasteiger partial charge in [0.05, 0.1) is 11.7 Å². The molecule has 0 amide bonds. The van der Waals surface area contributed by atoms with E-state index in [-0.39, 0.29) is 0 Å². The molecule has 0 unspecified atom stereocenters. The smallest absolute Gasteiger partial charge is 0.0685 e. The van der Waals surface area contributed by atoms with Crippen molar-refractivity contribution in [3.05, 3.63) is 78.0 Å². The van der Waals surface area contributed by atoms with E-state index in [1.54, 1.807) is 0 Å². The number of anilines is 2. The second-order valence-electron chi connectivity index (χ2n) is 6.77. The molecule has 26 heavy (non-hydrogen) atoms. The number of nitrogens with zero attached hydrogens (tertiary/aromatic N) is 3. The number of hydrogen-bond donors (Lipinski definition) is 0. The first kappa shape index (κ1) is 15.0. The largest absolute Gasteiger partial charge is 0.344 e. The van der Waals surface area contributed by atoms with Gasteiger partial charge in [-0.2, -0.15) is 5.10 Å². The first-order valence-corrected chi connectivity index (χ1v) is 8.78. The minimum Gasteiger partial charge on any atom is -0.344 e. The molecule has 0 spiro atoms. The fourth-order valence-corrected chi connectivity index (χ4v) is 3.74. The van der Waals surface area contributed by atoms with Crippen LogP contribution in [-0.2, 0) is 7.05 Å². The summed E-state index contributed by atoms with van der Waals surface area (Å²) in [4.78, 5) is 2.26. The predicted octanol–water partition coefficient (Wildman–Crippen LogP) is 5.49. The molecule has 0 saturated carbocycles. The van der Waals surface area contributed by atoms with Gasteiger partial charge in [0.1, 0.15) is 0 Å². The Balaban J connectivity index is 1.64. The van der Waals surface area contributed by atoms with Crippen LogP contribution in [0.1, 0.15) is 11.1 Å². The third kappa shape index (κ3) is 2.25. The number of aromatic nitrogens is 2. The average molecular weight is 337 g/mol. The van der Waals surface area contributed by atoms with Gasteiger partial charge in [-0.3, -0.25) is 4.68 Å². The van der Waals surface area contributed by atoms with Crippen LogP contribution in [0.2, 0.25) is 0 Å². The normalized spacial score (nSPS) is 12.8. The molecule has 2 heterocycles. The Morgan fingerprint density at radius 2 is 1.46 bits per heavy atom. The molecule has 0 fully saturated rings. The van der Waals surface area contributed by atoms with Crippen molar-refractivity contribution >= 4 is 34.4 Å². The molecular weight excluding hydrogens is 318 g/mol. The summed E-state index contributed by atoms with van der Waals surface area (Å²) in [6.45, 7) is 0. The van der Waals surface area contributed by atoms with E-state index < -0.39 is 0 Å². The summed E-state index contributed by atoms with van der Waals surface area (Å²) in [6.07, 6.45) is 6.32. The number of hydrogen-bond acceptors (Lipinski definition) is 2. The standard InChI is InChI=1S/C23H19N3/c1-25-21-6-4-3-5-16(21)7-9-19-13-17(11-12-22(19)25)18-8-10-20-15-24-26(2)23(20)14-18/h3-15H,1-2H3. The molecule has 3 heteroatoms. The van der Waals surface area contributed by atoms with Gasteiger partial charge < -0.3 is 4.90 Å². The highest BCUT2D eigenvalue weighted by Gasteiger charge is 2.15. The van der Waals surface area contributed by atoms with Crippen molar-refractivity contribution in [3.8, 4) is 11.1 Å². The van der Waals surface area contributed by atoms with E-state index in [1.807, 2.05) is 17.9 Å². The zero-order valence-electron chi connectivity index (χ0n) is 14.8. The highest BCUT2D eigenvalue weighted by atomic mass is 15.2. The Labute approximate surface area is 152 Å². The van der Waals surface area contributed by atoms with Crippen molar-refractivity contribution < 1.29 is 0 Å². The maximum Gasteiger partial charge on any atom is 0.0685 e. The second-order valence-corrected chi connectivity index (χ2v) is 6.77. The van der Waals surface area contributed by atoms with E-state index in [2.05, 4.69) is 89.9 Å². The van der Waals surface area contributed by atoms with Crippen molar-refractivity contribution in [1.29, 1.82) is 0 Å². The third-order valence-corrected chi connectivity index (χ3v) is 5.21. The summed E-state index contributed by atoms with van der Waals surface area (Å²) >= 11 is 0. The van der Waals surface area contributed by atoms with Gasteiger partial charge in [0.2, 0.25) is 0 Å². The Morgan fingerprint density at radius 1 is 0.731 bits per heavy atom. The first-order valence-electron chi connectivity index (χ1n) is 8.78. The Kier molecular flexibility index (Phi) is 3.22. The fraction of sp³-hybridized carbons (Fsp3) is 0.0870. The fourth-order valence-electron chi connectivity index (χ4n) is 3.74. The molecular formula is C23H19N3. The molecule has 0 atom stereocenters. The molecule has 0 N–H and O–H groups in total. The van der Waals surface area contributed by atoms with Crippen molar-refractivity contribution in [3.63, 3.8) is 0 Å². The maximum atomic E-state index is 4.34. The third-order valence-electron chi connectivity index (χ3n) is 5.21. The molecule has 0 aliphatic carbocycles. The zero-order valence-corrected chi connectivity index (χ0v) is 14.8.